The van der Waals surface area contributed by atoms with Crippen molar-refractivity contribution in [3.05, 3.63) is 265 Å². The van der Waals surface area contributed by atoms with Crippen LogP contribution in [0, 0.1) is 0 Å². The first-order valence-corrected chi connectivity index (χ1v) is 22.6. The van der Waals surface area contributed by atoms with Gasteiger partial charge in [-0.2, -0.15) is 0 Å². The molecule has 2 aromatic heterocycles. The van der Waals surface area contributed by atoms with Gasteiger partial charge in [-0.15, -0.1) is 0 Å². The lowest BCUT2D eigenvalue weighted by atomic mass is 9.67. The van der Waals surface area contributed by atoms with Crippen LogP contribution in [-0.2, 0) is 5.41 Å². The molecule has 0 unspecified atom stereocenters. The normalized spacial score (nSPS) is 12.7. The number of fused-ring (bicyclic) bond motifs is 7. The van der Waals surface area contributed by atoms with E-state index in [0.29, 0.717) is 5.82 Å². The molecule has 2 heterocycles. The van der Waals surface area contributed by atoms with Gasteiger partial charge in [0.25, 0.3) is 0 Å². The van der Waals surface area contributed by atoms with Crippen molar-refractivity contribution in [2.75, 3.05) is 0 Å². The molecule has 0 spiro atoms. The Hall–Kier alpha value is -8.66. The molecule has 1 aliphatic rings. The van der Waals surface area contributed by atoms with E-state index in [4.69, 9.17) is 14.4 Å². The van der Waals surface area contributed by atoms with E-state index < -0.39 is 5.41 Å². The minimum absolute atomic E-state index is 0.511. The summed E-state index contributed by atoms with van der Waals surface area (Å²) in [5.74, 6) is 0.691. The SMILES string of the molecule is c1ccc(-c2nc(-c3ccc(-c4ccc(-c5ccc6c(c5)oc5ccccc56)c5ccccc45)cc3)cc(-c3ccc4c(c3)C(c3ccccc3)(c3ccccc3)c3ccccc3-4)n2)cc1. The molecule has 308 valence electrons. The largest absolute Gasteiger partial charge is 0.456 e. The molecule has 0 fully saturated rings. The summed E-state index contributed by atoms with van der Waals surface area (Å²) in [5, 5.41) is 4.67. The van der Waals surface area contributed by atoms with Gasteiger partial charge in [-0.1, -0.05) is 212 Å². The summed E-state index contributed by atoms with van der Waals surface area (Å²) >= 11 is 0. The summed E-state index contributed by atoms with van der Waals surface area (Å²) in [6, 6.07) is 87.0. The molecule has 0 aliphatic heterocycles. The molecule has 0 atom stereocenters. The van der Waals surface area contributed by atoms with Crippen LogP contribution < -0.4 is 0 Å². The van der Waals surface area contributed by atoms with E-state index >= 15 is 0 Å². The average Bonchev–Trinajstić information content (AvgIpc) is 3.92. The Labute approximate surface area is 383 Å². The van der Waals surface area contributed by atoms with Crippen LogP contribution in [0.15, 0.2) is 247 Å². The van der Waals surface area contributed by atoms with Crippen molar-refractivity contribution in [3.8, 4) is 67.3 Å². The van der Waals surface area contributed by atoms with Crippen LogP contribution in [-0.4, -0.2) is 9.97 Å². The predicted molar refractivity (Wildman–Crippen MR) is 271 cm³/mol. The quantitative estimate of drug-likeness (QED) is 0.160. The summed E-state index contributed by atoms with van der Waals surface area (Å²) in [4.78, 5) is 10.6. The zero-order chi connectivity index (χ0) is 43.6. The molecular weight excluding hydrogens is 801 g/mol. The smallest absolute Gasteiger partial charge is 0.160 e. The predicted octanol–water partition coefficient (Wildman–Crippen LogP) is 16.2. The number of nitrogens with zero attached hydrogens (tertiary/aromatic N) is 2. The minimum atomic E-state index is -0.511. The molecule has 0 saturated heterocycles. The molecular formula is C63H40N2O. The maximum absolute atomic E-state index is 6.29. The number of benzene rings is 10. The average molecular weight is 841 g/mol. The van der Waals surface area contributed by atoms with Gasteiger partial charge in [0.1, 0.15) is 11.2 Å². The summed E-state index contributed by atoms with van der Waals surface area (Å²) in [5.41, 5.74) is 18.2. The molecule has 0 saturated carbocycles. The van der Waals surface area contributed by atoms with E-state index in [-0.39, 0.29) is 0 Å². The third-order valence-electron chi connectivity index (χ3n) is 13.6. The number of hydrogen-bond acceptors (Lipinski definition) is 3. The van der Waals surface area contributed by atoms with Crippen LogP contribution in [0.1, 0.15) is 22.3 Å². The number of para-hydroxylation sites is 1. The van der Waals surface area contributed by atoms with Gasteiger partial charge >= 0.3 is 0 Å². The molecule has 0 radical (unpaired) electrons. The lowest BCUT2D eigenvalue weighted by molar-refractivity contribution is 0.669. The topological polar surface area (TPSA) is 38.9 Å². The lowest BCUT2D eigenvalue weighted by Crippen LogP contribution is -2.28. The first kappa shape index (κ1) is 37.9. The van der Waals surface area contributed by atoms with E-state index in [0.717, 1.165) is 61.1 Å². The number of furan rings is 1. The number of hydrogen-bond donors (Lipinski definition) is 0. The van der Waals surface area contributed by atoms with Gasteiger partial charge in [-0.05, 0) is 96.7 Å². The molecule has 66 heavy (non-hydrogen) atoms. The number of rotatable bonds is 7. The first-order chi connectivity index (χ1) is 32.7. The first-order valence-electron chi connectivity index (χ1n) is 22.6. The Morgan fingerprint density at radius 3 is 1.50 bits per heavy atom. The number of aromatic nitrogens is 2. The van der Waals surface area contributed by atoms with Gasteiger partial charge < -0.3 is 4.42 Å². The van der Waals surface area contributed by atoms with Gasteiger partial charge in [0.05, 0.1) is 16.8 Å². The van der Waals surface area contributed by atoms with Crippen molar-refractivity contribution in [2.45, 2.75) is 5.41 Å². The van der Waals surface area contributed by atoms with Crippen LogP contribution in [0.3, 0.4) is 0 Å². The molecule has 0 N–H and O–H groups in total. The van der Waals surface area contributed by atoms with Crippen molar-refractivity contribution in [1.82, 2.24) is 9.97 Å². The maximum atomic E-state index is 6.29. The monoisotopic (exact) mass is 840 g/mol. The van der Waals surface area contributed by atoms with Crippen molar-refractivity contribution < 1.29 is 4.42 Å². The zero-order valence-corrected chi connectivity index (χ0v) is 35.9. The highest BCUT2D eigenvalue weighted by Gasteiger charge is 2.46. The lowest BCUT2D eigenvalue weighted by Gasteiger charge is -2.34. The van der Waals surface area contributed by atoms with Gasteiger partial charge in [0.15, 0.2) is 5.82 Å². The Morgan fingerprint density at radius 1 is 0.288 bits per heavy atom. The molecule has 13 rings (SSSR count). The summed E-state index contributed by atoms with van der Waals surface area (Å²) in [6.45, 7) is 0. The van der Waals surface area contributed by atoms with E-state index in [1.807, 2.05) is 30.3 Å². The van der Waals surface area contributed by atoms with Gasteiger partial charge in [0, 0.05) is 27.5 Å². The highest BCUT2D eigenvalue weighted by molar-refractivity contribution is 6.09. The molecule has 10 aromatic carbocycles. The fraction of sp³-hybridized carbons (Fsp3) is 0.0159. The molecule has 1 aliphatic carbocycles. The second-order valence-corrected chi connectivity index (χ2v) is 17.2. The van der Waals surface area contributed by atoms with Crippen molar-refractivity contribution in [3.63, 3.8) is 0 Å². The second kappa shape index (κ2) is 15.3. The summed E-state index contributed by atoms with van der Waals surface area (Å²) in [6.07, 6.45) is 0. The molecule has 3 heteroatoms. The van der Waals surface area contributed by atoms with E-state index in [1.165, 1.54) is 55.3 Å². The van der Waals surface area contributed by atoms with Crippen molar-refractivity contribution in [2.24, 2.45) is 0 Å². The second-order valence-electron chi connectivity index (χ2n) is 17.2. The fourth-order valence-corrected chi connectivity index (χ4v) is 10.6. The summed E-state index contributed by atoms with van der Waals surface area (Å²) < 4.78 is 6.29. The van der Waals surface area contributed by atoms with Crippen molar-refractivity contribution in [1.29, 1.82) is 0 Å². The third kappa shape index (κ3) is 5.98. The standard InChI is InChI=1S/C63H40N2O/c1-4-16-43(17-5-1)62-64-58(40-59(65-62)45-33-34-53-52-24-12-14-26-56(52)63(57(53)38-45,46-18-6-2-7-19-46)47-20-8-3-9-21-47)42-30-28-41(29-31-42)48-36-37-49(51-23-11-10-22-50(48)51)44-32-35-55-54-25-13-15-27-60(54)66-61(55)39-44/h1-40H. The molecule has 0 amide bonds. The third-order valence-corrected chi connectivity index (χ3v) is 13.6. The van der Waals surface area contributed by atoms with E-state index in [2.05, 4.69) is 212 Å². The Bertz CT molecular complexity index is 3760. The maximum Gasteiger partial charge on any atom is 0.160 e. The van der Waals surface area contributed by atoms with Gasteiger partial charge in [-0.25, -0.2) is 9.97 Å². The molecule has 12 aromatic rings. The van der Waals surface area contributed by atoms with Crippen LogP contribution in [0.5, 0.6) is 0 Å². The van der Waals surface area contributed by atoms with Crippen LogP contribution in [0.2, 0.25) is 0 Å². The van der Waals surface area contributed by atoms with Gasteiger partial charge in [0.2, 0.25) is 0 Å². The Kier molecular flexibility index (Phi) is 8.75. The van der Waals surface area contributed by atoms with Crippen LogP contribution in [0.4, 0.5) is 0 Å². The zero-order valence-electron chi connectivity index (χ0n) is 35.9. The van der Waals surface area contributed by atoms with Crippen LogP contribution >= 0.6 is 0 Å². The molecule has 0 bridgehead atoms. The van der Waals surface area contributed by atoms with Crippen LogP contribution in [0.25, 0.3) is 100.0 Å². The van der Waals surface area contributed by atoms with E-state index in [1.54, 1.807) is 0 Å². The summed E-state index contributed by atoms with van der Waals surface area (Å²) in [7, 11) is 0. The Morgan fingerprint density at radius 2 is 0.788 bits per heavy atom. The molecule has 3 nitrogen and oxygen atoms in total. The fourth-order valence-electron chi connectivity index (χ4n) is 10.6. The van der Waals surface area contributed by atoms with Crippen molar-refractivity contribution >= 4 is 32.7 Å². The highest BCUT2D eigenvalue weighted by Crippen LogP contribution is 2.56. The van der Waals surface area contributed by atoms with E-state index in [9.17, 15) is 0 Å². The Balaban J connectivity index is 0.919. The minimum Gasteiger partial charge on any atom is -0.456 e. The highest BCUT2D eigenvalue weighted by atomic mass is 16.3. The van der Waals surface area contributed by atoms with Gasteiger partial charge in [-0.3, -0.25) is 0 Å².